The number of imidazole rings is 1. The summed E-state index contributed by atoms with van der Waals surface area (Å²) in [4.78, 5) is 8.03. The Bertz CT molecular complexity index is 601. The van der Waals surface area contributed by atoms with E-state index in [1.807, 2.05) is 0 Å². The Balaban J connectivity index is 2.04. The lowest BCUT2D eigenvalue weighted by molar-refractivity contribution is -0.0241. The molecule has 0 bridgehead atoms. The number of ether oxygens (including phenoxy) is 1. The van der Waals surface area contributed by atoms with Gasteiger partial charge in [-0.1, -0.05) is 0 Å². The van der Waals surface area contributed by atoms with Crippen molar-refractivity contribution in [3.63, 3.8) is 0 Å². The monoisotopic (exact) mass is 266 g/mol. The molecule has 0 radical (unpaired) electrons. The van der Waals surface area contributed by atoms with E-state index in [-0.39, 0.29) is 12.4 Å². The molecule has 8 nitrogen and oxygen atoms in total. The van der Waals surface area contributed by atoms with Crippen LogP contribution in [0.5, 0.6) is 0 Å². The average molecular weight is 266 g/mol. The minimum Gasteiger partial charge on any atom is -0.394 e. The Kier molecular flexibility index (Phi) is 2.86. The molecule has 0 saturated carbocycles. The molecule has 0 aromatic carbocycles. The van der Waals surface area contributed by atoms with E-state index in [1.165, 1.54) is 12.4 Å². The van der Waals surface area contributed by atoms with Crippen molar-refractivity contribution in [3.8, 4) is 0 Å². The average Bonchev–Trinajstić information content (AvgIpc) is 2.94. The van der Waals surface area contributed by atoms with Gasteiger partial charge in [-0.2, -0.15) is 0 Å². The van der Waals surface area contributed by atoms with Crippen LogP contribution in [0.3, 0.4) is 0 Å². The zero-order valence-corrected chi connectivity index (χ0v) is 9.92. The van der Waals surface area contributed by atoms with Crippen molar-refractivity contribution in [2.75, 3.05) is 12.3 Å². The summed E-state index contributed by atoms with van der Waals surface area (Å²) in [6.45, 7) is -0.366. The van der Waals surface area contributed by atoms with Gasteiger partial charge in [0.25, 0.3) is 0 Å². The molecule has 0 spiro atoms. The fraction of sp³-hybridized carbons (Fsp3) is 0.455. The first kappa shape index (κ1) is 12.3. The zero-order chi connectivity index (χ0) is 13.6. The van der Waals surface area contributed by atoms with Crippen LogP contribution in [0.2, 0.25) is 0 Å². The number of aliphatic hydroxyl groups is 3. The lowest BCUT2D eigenvalue weighted by Gasteiger charge is -2.14. The molecule has 19 heavy (non-hydrogen) atoms. The zero-order valence-electron chi connectivity index (χ0n) is 9.92. The van der Waals surface area contributed by atoms with E-state index >= 15 is 0 Å². The van der Waals surface area contributed by atoms with Crippen molar-refractivity contribution in [2.24, 2.45) is 0 Å². The summed E-state index contributed by atoms with van der Waals surface area (Å²) in [6.07, 6.45) is 0.797. The molecule has 8 heteroatoms. The fourth-order valence-electron chi connectivity index (χ4n) is 2.31. The van der Waals surface area contributed by atoms with Crippen LogP contribution >= 0.6 is 0 Å². The van der Waals surface area contributed by atoms with Gasteiger partial charge in [0.15, 0.2) is 11.5 Å². The fourth-order valence-corrected chi connectivity index (χ4v) is 2.31. The lowest BCUT2D eigenvalue weighted by atomic mass is 10.1. The van der Waals surface area contributed by atoms with E-state index in [0.717, 1.165) is 0 Å². The molecule has 1 fully saturated rings. The number of aromatic nitrogens is 3. The second-order valence-corrected chi connectivity index (χ2v) is 4.45. The van der Waals surface area contributed by atoms with Crippen molar-refractivity contribution >= 4 is 11.5 Å². The van der Waals surface area contributed by atoms with Gasteiger partial charge in [-0.15, -0.1) is 0 Å². The standard InChI is InChI=1S/C11H14N4O4/c12-10-11-14-3-5(15(11)2-1-13-10)9-8(18)7(17)6(4-16)19-9/h1-3,6-9,16-18H,4H2,(H2,12,13)/t6-,7-,8-,9?/m1/s1. The highest BCUT2D eigenvalue weighted by atomic mass is 16.6. The maximum atomic E-state index is 9.99. The maximum absolute atomic E-state index is 9.99. The van der Waals surface area contributed by atoms with Gasteiger partial charge in [-0.05, 0) is 0 Å². The van der Waals surface area contributed by atoms with Crippen molar-refractivity contribution in [3.05, 3.63) is 24.3 Å². The second-order valence-electron chi connectivity index (χ2n) is 4.45. The molecule has 1 saturated heterocycles. The quantitative estimate of drug-likeness (QED) is 0.519. The van der Waals surface area contributed by atoms with Gasteiger partial charge >= 0.3 is 0 Å². The number of rotatable bonds is 2. The molecule has 2 aromatic rings. The molecule has 3 rings (SSSR count). The third-order valence-corrected chi connectivity index (χ3v) is 3.32. The first-order valence-corrected chi connectivity index (χ1v) is 5.83. The summed E-state index contributed by atoms with van der Waals surface area (Å²) in [6, 6.07) is 0. The van der Waals surface area contributed by atoms with Gasteiger partial charge in [-0.3, -0.25) is 4.40 Å². The highest BCUT2D eigenvalue weighted by Crippen LogP contribution is 2.33. The predicted octanol–water partition coefficient (Wildman–Crippen LogP) is -1.53. The van der Waals surface area contributed by atoms with E-state index in [1.54, 1.807) is 10.6 Å². The number of aliphatic hydroxyl groups excluding tert-OH is 3. The van der Waals surface area contributed by atoms with Crippen LogP contribution in [0, 0.1) is 0 Å². The van der Waals surface area contributed by atoms with E-state index < -0.39 is 24.4 Å². The molecule has 1 unspecified atom stereocenters. The summed E-state index contributed by atoms with van der Waals surface area (Å²) < 4.78 is 7.10. The molecule has 0 amide bonds. The topological polar surface area (TPSA) is 126 Å². The number of hydrogen-bond donors (Lipinski definition) is 4. The second kappa shape index (κ2) is 4.42. The Morgan fingerprint density at radius 1 is 1.32 bits per heavy atom. The molecular formula is C11H14N4O4. The highest BCUT2D eigenvalue weighted by molar-refractivity contribution is 5.59. The van der Waals surface area contributed by atoms with Gasteiger partial charge in [-0.25, -0.2) is 9.97 Å². The normalized spacial score (nSPS) is 31.1. The number of fused-ring (bicyclic) bond motifs is 1. The minimum atomic E-state index is -1.14. The Hall–Kier alpha value is -1.74. The van der Waals surface area contributed by atoms with Crippen LogP contribution < -0.4 is 5.73 Å². The van der Waals surface area contributed by atoms with E-state index in [2.05, 4.69) is 9.97 Å². The third-order valence-electron chi connectivity index (χ3n) is 3.32. The minimum absolute atomic E-state index is 0.264. The van der Waals surface area contributed by atoms with Crippen LogP contribution in [0.15, 0.2) is 18.6 Å². The van der Waals surface area contributed by atoms with Gasteiger partial charge in [0.05, 0.1) is 18.5 Å². The first-order chi connectivity index (χ1) is 9.13. The van der Waals surface area contributed by atoms with Crippen LogP contribution in [0.1, 0.15) is 11.8 Å². The summed E-state index contributed by atoms with van der Waals surface area (Å²) >= 11 is 0. The molecule has 1 aliphatic rings. The number of nitrogen functional groups attached to an aromatic ring is 1. The molecule has 1 aliphatic heterocycles. The third kappa shape index (κ3) is 1.77. The van der Waals surface area contributed by atoms with Crippen molar-refractivity contribution in [1.29, 1.82) is 0 Å². The van der Waals surface area contributed by atoms with Gasteiger partial charge in [0, 0.05) is 12.4 Å². The van der Waals surface area contributed by atoms with Gasteiger partial charge in [0.1, 0.15) is 24.4 Å². The largest absolute Gasteiger partial charge is 0.394 e. The first-order valence-electron chi connectivity index (χ1n) is 5.83. The molecule has 5 N–H and O–H groups in total. The number of anilines is 1. The molecule has 102 valence electrons. The Labute approximate surface area is 108 Å². The van der Waals surface area contributed by atoms with Crippen molar-refractivity contribution in [2.45, 2.75) is 24.4 Å². The SMILES string of the molecule is Nc1nccn2c(C3O[C@H](CO)[C@@H](O)[C@H]3O)cnc12. The van der Waals surface area contributed by atoms with Crippen LogP contribution in [-0.4, -0.2) is 54.6 Å². The summed E-state index contributed by atoms with van der Waals surface area (Å²) in [7, 11) is 0. The summed E-state index contributed by atoms with van der Waals surface area (Å²) in [5.74, 6) is 0.264. The van der Waals surface area contributed by atoms with Crippen LogP contribution in [-0.2, 0) is 4.74 Å². The van der Waals surface area contributed by atoms with Crippen LogP contribution in [0.25, 0.3) is 5.65 Å². The van der Waals surface area contributed by atoms with E-state index in [0.29, 0.717) is 11.3 Å². The molecule has 3 heterocycles. The molecular weight excluding hydrogens is 252 g/mol. The summed E-state index contributed by atoms with van der Waals surface area (Å²) in [5.41, 5.74) is 6.70. The smallest absolute Gasteiger partial charge is 0.180 e. The van der Waals surface area contributed by atoms with Crippen molar-refractivity contribution < 1.29 is 20.1 Å². The number of nitrogens with zero attached hydrogens (tertiary/aromatic N) is 3. The number of hydrogen-bond acceptors (Lipinski definition) is 7. The predicted molar refractivity (Wildman–Crippen MR) is 64.1 cm³/mol. The number of nitrogens with two attached hydrogens (primary N) is 1. The van der Waals surface area contributed by atoms with Crippen LogP contribution in [0.4, 0.5) is 5.82 Å². The maximum Gasteiger partial charge on any atom is 0.180 e. The molecule has 0 aliphatic carbocycles. The summed E-state index contributed by atoms with van der Waals surface area (Å²) in [5, 5.41) is 28.8. The highest BCUT2D eigenvalue weighted by Gasteiger charge is 2.44. The van der Waals surface area contributed by atoms with E-state index in [9.17, 15) is 10.2 Å². The Morgan fingerprint density at radius 2 is 2.11 bits per heavy atom. The van der Waals surface area contributed by atoms with Gasteiger partial charge in [0.2, 0.25) is 0 Å². The molecule has 4 atom stereocenters. The Morgan fingerprint density at radius 3 is 2.79 bits per heavy atom. The van der Waals surface area contributed by atoms with Gasteiger partial charge < -0.3 is 25.8 Å². The lowest BCUT2D eigenvalue weighted by Crippen LogP contribution is -2.32. The molecule has 2 aromatic heterocycles. The van der Waals surface area contributed by atoms with E-state index in [4.69, 9.17) is 15.6 Å². The van der Waals surface area contributed by atoms with Crippen molar-refractivity contribution in [1.82, 2.24) is 14.4 Å².